The molecule has 1 aromatic carbocycles. The Morgan fingerprint density at radius 3 is 2.61 bits per heavy atom. The molecule has 2 aliphatic heterocycles. The van der Waals surface area contributed by atoms with Crippen LogP contribution in [0, 0.1) is 0 Å². The molecule has 2 unspecified atom stereocenters. The van der Waals surface area contributed by atoms with Gasteiger partial charge in [-0.1, -0.05) is 0 Å². The molecule has 4 rings (SSSR count). The predicted octanol–water partition coefficient (Wildman–Crippen LogP) is 3.70. The van der Waals surface area contributed by atoms with Crippen LogP contribution in [0.15, 0.2) is 29.3 Å². The van der Waals surface area contributed by atoms with Crippen LogP contribution < -0.4 is 16.0 Å². The Bertz CT molecular complexity index is 872. The Hall–Kier alpha value is -2.68. The van der Waals surface area contributed by atoms with Gasteiger partial charge in [-0.15, -0.1) is 0 Å². The summed E-state index contributed by atoms with van der Waals surface area (Å²) in [6, 6.07) is 5.06. The summed E-state index contributed by atoms with van der Waals surface area (Å²) in [6.07, 6.45) is -0.938. The van der Waals surface area contributed by atoms with Crippen LogP contribution in [0.1, 0.15) is 36.2 Å². The minimum absolute atomic E-state index is 0.122. The Morgan fingerprint density at radius 2 is 1.93 bits per heavy atom. The fourth-order valence-electron chi connectivity index (χ4n) is 3.48. The molecule has 9 heteroatoms. The zero-order valence-corrected chi connectivity index (χ0v) is 15.3. The summed E-state index contributed by atoms with van der Waals surface area (Å²) in [4.78, 5) is 13.7. The molecule has 0 aliphatic carbocycles. The Morgan fingerprint density at radius 1 is 1.14 bits per heavy atom. The van der Waals surface area contributed by atoms with Gasteiger partial charge in [-0.05, 0) is 44.2 Å². The fraction of sp³-hybridized carbons (Fsp3) is 0.421. The fourth-order valence-corrected chi connectivity index (χ4v) is 3.48. The lowest BCUT2D eigenvalue weighted by molar-refractivity contribution is -0.137. The van der Waals surface area contributed by atoms with Gasteiger partial charge in [-0.2, -0.15) is 18.2 Å². The van der Waals surface area contributed by atoms with Crippen LogP contribution in [0.5, 0.6) is 0 Å². The van der Waals surface area contributed by atoms with E-state index in [9.17, 15) is 13.2 Å². The minimum Gasteiger partial charge on any atom is -0.350 e. The molecule has 28 heavy (non-hydrogen) atoms. The van der Waals surface area contributed by atoms with Crippen molar-refractivity contribution in [1.29, 1.82) is 0 Å². The third-order valence-corrected chi connectivity index (χ3v) is 4.92. The second kappa shape index (κ2) is 7.38. The molecule has 1 fully saturated rings. The first-order chi connectivity index (χ1) is 13.4. The highest BCUT2D eigenvalue weighted by Gasteiger charge is 2.30. The number of aromatic nitrogens is 2. The highest BCUT2D eigenvalue weighted by Crippen LogP contribution is 2.34. The van der Waals surface area contributed by atoms with Gasteiger partial charge in [0.05, 0.1) is 17.3 Å². The maximum Gasteiger partial charge on any atom is 0.416 e. The zero-order chi connectivity index (χ0) is 19.7. The lowest BCUT2D eigenvalue weighted by atomic mass is 10.0. The van der Waals surface area contributed by atoms with Gasteiger partial charge in [0, 0.05) is 36.5 Å². The number of aliphatic imine (C=N–C) groups is 1. The molecule has 3 N–H and O–H groups in total. The highest BCUT2D eigenvalue weighted by molar-refractivity contribution is 5.70. The monoisotopic (exact) mass is 390 g/mol. The maximum absolute atomic E-state index is 12.8. The molecule has 0 saturated carbocycles. The summed E-state index contributed by atoms with van der Waals surface area (Å²) in [5, 5.41) is 9.79. The molecule has 2 aromatic rings. The topological polar surface area (TPSA) is 74.2 Å². The number of hydrogen-bond acceptors (Lipinski definition) is 6. The van der Waals surface area contributed by atoms with Gasteiger partial charge < -0.3 is 16.0 Å². The van der Waals surface area contributed by atoms with E-state index in [1.807, 2.05) is 13.1 Å². The highest BCUT2D eigenvalue weighted by atomic mass is 19.4. The summed E-state index contributed by atoms with van der Waals surface area (Å²) >= 11 is 0. The van der Waals surface area contributed by atoms with E-state index in [-0.39, 0.29) is 12.1 Å². The van der Waals surface area contributed by atoms with Gasteiger partial charge in [0.15, 0.2) is 0 Å². The molecule has 0 spiro atoms. The SMILES string of the molecule is CC1N=CCc2nc(NC3CCNC3)nc(Nc3ccc(C(F)(F)F)cc3)c21. The van der Waals surface area contributed by atoms with Gasteiger partial charge in [0.1, 0.15) is 5.82 Å². The van der Waals surface area contributed by atoms with Gasteiger partial charge in [-0.25, -0.2) is 4.98 Å². The second-order valence-electron chi connectivity index (χ2n) is 7.00. The Kier molecular flexibility index (Phi) is 4.92. The molecule has 0 amide bonds. The summed E-state index contributed by atoms with van der Waals surface area (Å²) in [5.74, 6) is 1.09. The van der Waals surface area contributed by atoms with Crippen molar-refractivity contribution in [3.8, 4) is 0 Å². The van der Waals surface area contributed by atoms with Crippen molar-refractivity contribution >= 4 is 23.7 Å². The first-order valence-electron chi connectivity index (χ1n) is 9.24. The normalized spacial score (nSPS) is 21.4. The standard InChI is InChI=1S/C19H21F3N6/c1-11-16-15(7-9-24-11)27-18(26-14-6-8-23-10-14)28-17(16)25-13-4-2-12(3-5-13)19(20,21)22/h2-5,9,11,14,23H,6-8,10H2,1H3,(H2,25,26,27,28). The van der Waals surface area contributed by atoms with Crippen LogP contribution in [0.3, 0.4) is 0 Å². The van der Waals surface area contributed by atoms with Crippen molar-refractivity contribution in [2.75, 3.05) is 23.7 Å². The summed E-state index contributed by atoms with van der Waals surface area (Å²) in [7, 11) is 0. The smallest absolute Gasteiger partial charge is 0.350 e. The number of nitrogens with one attached hydrogen (secondary N) is 3. The van der Waals surface area contributed by atoms with Crippen molar-refractivity contribution in [2.24, 2.45) is 4.99 Å². The minimum atomic E-state index is -4.36. The number of rotatable bonds is 4. The number of benzene rings is 1. The molecule has 0 radical (unpaired) electrons. The average Bonchev–Trinajstić information content (AvgIpc) is 3.14. The van der Waals surface area contributed by atoms with E-state index in [1.54, 1.807) is 0 Å². The van der Waals surface area contributed by atoms with Crippen LogP contribution in [0.2, 0.25) is 0 Å². The summed E-state index contributed by atoms with van der Waals surface area (Å²) in [5.41, 5.74) is 1.60. The number of alkyl halides is 3. The van der Waals surface area contributed by atoms with E-state index in [4.69, 9.17) is 0 Å². The maximum atomic E-state index is 12.8. The van der Waals surface area contributed by atoms with E-state index < -0.39 is 11.7 Å². The molecular formula is C19H21F3N6. The number of hydrogen-bond donors (Lipinski definition) is 3. The van der Waals surface area contributed by atoms with Crippen molar-refractivity contribution < 1.29 is 13.2 Å². The zero-order valence-electron chi connectivity index (χ0n) is 15.3. The van der Waals surface area contributed by atoms with E-state index in [2.05, 4.69) is 30.9 Å². The van der Waals surface area contributed by atoms with Gasteiger partial charge in [-0.3, -0.25) is 4.99 Å². The third-order valence-electron chi connectivity index (χ3n) is 4.92. The first kappa shape index (κ1) is 18.7. The molecule has 3 heterocycles. The molecule has 2 aliphatic rings. The molecular weight excluding hydrogens is 369 g/mol. The summed E-state index contributed by atoms with van der Waals surface area (Å²) in [6.45, 7) is 3.74. The predicted molar refractivity (Wildman–Crippen MR) is 102 cm³/mol. The molecule has 1 saturated heterocycles. The average molecular weight is 390 g/mol. The quantitative estimate of drug-likeness (QED) is 0.742. The number of anilines is 3. The molecule has 6 nitrogen and oxygen atoms in total. The third kappa shape index (κ3) is 3.94. The van der Waals surface area contributed by atoms with Crippen LogP contribution >= 0.6 is 0 Å². The van der Waals surface area contributed by atoms with Gasteiger partial charge in [0.25, 0.3) is 0 Å². The number of fused-ring (bicyclic) bond motifs is 1. The molecule has 2 atom stereocenters. The van der Waals surface area contributed by atoms with Gasteiger partial charge >= 0.3 is 6.18 Å². The van der Waals surface area contributed by atoms with Crippen molar-refractivity contribution in [2.45, 2.75) is 38.0 Å². The van der Waals surface area contributed by atoms with E-state index in [1.165, 1.54) is 12.1 Å². The van der Waals surface area contributed by atoms with Crippen molar-refractivity contribution in [3.05, 3.63) is 41.1 Å². The van der Waals surface area contributed by atoms with E-state index in [0.29, 0.717) is 23.9 Å². The molecule has 148 valence electrons. The van der Waals surface area contributed by atoms with Crippen LogP contribution in [-0.4, -0.2) is 35.3 Å². The van der Waals surface area contributed by atoms with E-state index in [0.717, 1.165) is 42.9 Å². The Balaban J connectivity index is 1.64. The first-order valence-corrected chi connectivity index (χ1v) is 9.24. The molecule has 1 aromatic heterocycles. The molecule has 0 bridgehead atoms. The second-order valence-corrected chi connectivity index (χ2v) is 7.00. The van der Waals surface area contributed by atoms with Crippen molar-refractivity contribution in [1.82, 2.24) is 15.3 Å². The van der Waals surface area contributed by atoms with E-state index >= 15 is 0 Å². The lowest BCUT2D eigenvalue weighted by Gasteiger charge is -2.22. The summed E-state index contributed by atoms with van der Waals surface area (Å²) < 4.78 is 38.4. The van der Waals surface area contributed by atoms with Gasteiger partial charge in [0.2, 0.25) is 5.95 Å². The Labute approximate surface area is 160 Å². The number of nitrogens with zero attached hydrogens (tertiary/aromatic N) is 3. The van der Waals surface area contributed by atoms with Crippen LogP contribution in [0.25, 0.3) is 0 Å². The van der Waals surface area contributed by atoms with Crippen molar-refractivity contribution in [3.63, 3.8) is 0 Å². The number of halogens is 3. The van der Waals surface area contributed by atoms with Crippen LogP contribution in [0.4, 0.5) is 30.6 Å². The van der Waals surface area contributed by atoms with Crippen LogP contribution in [-0.2, 0) is 12.6 Å². The largest absolute Gasteiger partial charge is 0.416 e. The lowest BCUT2D eigenvalue weighted by Crippen LogP contribution is -2.24.